The minimum atomic E-state index is -1.19. The fourth-order valence-corrected chi connectivity index (χ4v) is 3.10. The molecular formula is C16H26N2O8. The standard InChI is InChI=1S/C16H26N2O8/c19-13(20)5-11(15(23)24)17-7-9-1-2-10(4-3-9)8-18-12(16(25)26)6-14(21)22/h9-12,17-18H,1-8H2,(H,19,20)(H,21,22)(H,23,24)(H,25,26). The van der Waals surface area contributed by atoms with Gasteiger partial charge in [-0.1, -0.05) is 0 Å². The van der Waals surface area contributed by atoms with Crippen molar-refractivity contribution in [2.45, 2.75) is 50.6 Å². The van der Waals surface area contributed by atoms with Gasteiger partial charge in [-0.2, -0.15) is 0 Å². The van der Waals surface area contributed by atoms with Crippen LogP contribution in [0.4, 0.5) is 0 Å². The van der Waals surface area contributed by atoms with Crippen LogP contribution in [0.2, 0.25) is 0 Å². The molecule has 10 heteroatoms. The predicted molar refractivity (Wildman–Crippen MR) is 88.8 cm³/mol. The zero-order valence-electron chi connectivity index (χ0n) is 14.4. The molecule has 0 amide bonds. The molecular weight excluding hydrogens is 348 g/mol. The van der Waals surface area contributed by atoms with Gasteiger partial charge in [0.2, 0.25) is 0 Å². The van der Waals surface area contributed by atoms with E-state index in [1.54, 1.807) is 0 Å². The lowest BCUT2D eigenvalue weighted by Crippen LogP contribution is -2.43. The van der Waals surface area contributed by atoms with E-state index in [0.29, 0.717) is 13.1 Å². The number of carboxylic acids is 4. The third kappa shape index (κ3) is 8.26. The Balaban J connectivity index is 2.33. The minimum Gasteiger partial charge on any atom is -0.481 e. The van der Waals surface area contributed by atoms with Gasteiger partial charge in [-0.15, -0.1) is 0 Å². The smallest absolute Gasteiger partial charge is 0.321 e. The Morgan fingerprint density at radius 1 is 0.692 bits per heavy atom. The van der Waals surface area contributed by atoms with Crippen molar-refractivity contribution >= 4 is 23.9 Å². The highest BCUT2D eigenvalue weighted by Gasteiger charge is 2.26. The molecule has 0 bridgehead atoms. The monoisotopic (exact) mass is 374 g/mol. The van der Waals surface area contributed by atoms with Crippen molar-refractivity contribution in [3.8, 4) is 0 Å². The number of hydrogen-bond donors (Lipinski definition) is 6. The lowest BCUT2D eigenvalue weighted by molar-refractivity contribution is -0.146. The lowest BCUT2D eigenvalue weighted by Gasteiger charge is -2.30. The molecule has 1 saturated carbocycles. The van der Waals surface area contributed by atoms with Crippen LogP contribution in [0.1, 0.15) is 38.5 Å². The maximum absolute atomic E-state index is 11.0. The average Bonchev–Trinajstić information content (AvgIpc) is 2.55. The third-order valence-corrected chi connectivity index (χ3v) is 4.63. The van der Waals surface area contributed by atoms with E-state index in [0.717, 1.165) is 25.7 Å². The molecule has 0 heterocycles. The van der Waals surface area contributed by atoms with Gasteiger partial charge in [-0.3, -0.25) is 19.2 Å². The normalized spacial score (nSPS) is 22.3. The Kier molecular flexibility index (Phi) is 9.00. The molecule has 26 heavy (non-hydrogen) atoms. The van der Waals surface area contributed by atoms with E-state index in [1.165, 1.54) is 0 Å². The first-order valence-electron chi connectivity index (χ1n) is 8.55. The molecule has 0 saturated heterocycles. The first kappa shape index (κ1) is 21.8. The Hall–Kier alpha value is -2.20. The molecule has 2 atom stereocenters. The second-order valence-electron chi connectivity index (χ2n) is 6.68. The summed E-state index contributed by atoms with van der Waals surface area (Å²) in [6.45, 7) is 0.836. The van der Waals surface area contributed by atoms with Crippen molar-refractivity contribution in [1.29, 1.82) is 0 Å². The summed E-state index contributed by atoms with van der Waals surface area (Å²) in [5.74, 6) is -4.26. The van der Waals surface area contributed by atoms with Crippen molar-refractivity contribution in [1.82, 2.24) is 10.6 Å². The van der Waals surface area contributed by atoms with E-state index in [2.05, 4.69) is 10.6 Å². The number of carboxylic acid groups (broad SMARTS) is 4. The van der Waals surface area contributed by atoms with Crippen LogP contribution >= 0.6 is 0 Å². The topological polar surface area (TPSA) is 173 Å². The summed E-state index contributed by atoms with van der Waals surface area (Å²) < 4.78 is 0. The number of carbonyl (C=O) groups is 4. The Bertz CT molecular complexity index is 470. The second-order valence-corrected chi connectivity index (χ2v) is 6.68. The molecule has 10 nitrogen and oxygen atoms in total. The van der Waals surface area contributed by atoms with Crippen LogP contribution in [-0.4, -0.2) is 69.5 Å². The predicted octanol–water partition coefficient (Wildman–Crippen LogP) is -0.172. The number of rotatable bonds is 12. The summed E-state index contributed by atoms with van der Waals surface area (Å²) in [5.41, 5.74) is 0. The zero-order chi connectivity index (χ0) is 19.7. The van der Waals surface area contributed by atoms with E-state index in [1.807, 2.05) is 0 Å². The van der Waals surface area contributed by atoms with Gasteiger partial charge in [-0.05, 0) is 50.6 Å². The van der Waals surface area contributed by atoms with Gasteiger partial charge in [0, 0.05) is 0 Å². The molecule has 6 N–H and O–H groups in total. The zero-order valence-corrected chi connectivity index (χ0v) is 14.4. The largest absolute Gasteiger partial charge is 0.481 e. The van der Waals surface area contributed by atoms with Gasteiger partial charge in [0.1, 0.15) is 12.1 Å². The SMILES string of the molecule is O=C(O)CC(NCC1CCC(CNC(CC(=O)O)C(=O)O)CC1)C(=O)O. The summed E-state index contributed by atoms with van der Waals surface area (Å²) in [4.78, 5) is 43.4. The summed E-state index contributed by atoms with van der Waals surface area (Å²) in [5, 5.41) is 41.0. The molecule has 0 aromatic rings. The van der Waals surface area contributed by atoms with E-state index >= 15 is 0 Å². The van der Waals surface area contributed by atoms with Crippen molar-refractivity contribution in [2.75, 3.05) is 13.1 Å². The Labute approximate surface area is 150 Å². The van der Waals surface area contributed by atoms with E-state index in [9.17, 15) is 19.2 Å². The fraction of sp³-hybridized carbons (Fsp3) is 0.750. The Morgan fingerprint density at radius 2 is 1.00 bits per heavy atom. The van der Waals surface area contributed by atoms with Crippen LogP contribution in [0, 0.1) is 11.8 Å². The van der Waals surface area contributed by atoms with Gasteiger partial charge < -0.3 is 31.1 Å². The summed E-state index contributed by atoms with van der Waals surface area (Å²) >= 11 is 0. The highest BCUT2D eigenvalue weighted by molar-refractivity contribution is 5.81. The van der Waals surface area contributed by atoms with Crippen LogP contribution in [0.3, 0.4) is 0 Å². The molecule has 148 valence electrons. The molecule has 1 aliphatic carbocycles. The van der Waals surface area contributed by atoms with Crippen LogP contribution in [0.5, 0.6) is 0 Å². The second kappa shape index (κ2) is 10.7. The molecule has 0 spiro atoms. The summed E-state index contributed by atoms with van der Waals surface area (Å²) in [6.07, 6.45) is 2.30. The first-order valence-corrected chi connectivity index (χ1v) is 8.55. The minimum absolute atomic E-state index is 0.233. The van der Waals surface area contributed by atoms with E-state index in [-0.39, 0.29) is 11.8 Å². The van der Waals surface area contributed by atoms with Gasteiger partial charge >= 0.3 is 23.9 Å². The lowest BCUT2D eigenvalue weighted by atomic mass is 9.81. The van der Waals surface area contributed by atoms with Crippen molar-refractivity contribution in [3.63, 3.8) is 0 Å². The van der Waals surface area contributed by atoms with E-state index < -0.39 is 48.8 Å². The third-order valence-electron chi connectivity index (χ3n) is 4.63. The molecule has 1 aliphatic rings. The first-order chi connectivity index (χ1) is 12.2. The number of aliphatic carboxylic acids is 4. The highest BCUT2D eigenvalue weighted by atomic mass is 16.4. The molecule has 0 aliphatic heterocycles. The maximum Gasteiger partial charge on any atom is 0.321 e. The van der Waals surface area contributed by atoms with Crippen molar-refractivity contribution in [2.24, 2.45) is 11.8 Å². The van der Waals surface area contributed by atoms with Crippen molar-refractivity contribution < 1.29 is 39.6 Å². The maximum atomic E-state index is 11.0. The van der Waals surface area contributed by atoms with Crippen molar-refractivity contribution in [3.05, 3.63) is 0 Å². The van der Waals surface area contributed by atoms with Gasteiger partial charge in [-0.25, -0.2) is 0 Å². The average molecular weight is 374 g/mol. The van der Waals surface area contributed by atoms with Crippen LogP contribution < -0.4 is 10.6 Å². The van der Waals surface area contributed by atoms with Crippen LogP contribution in [0.25, 0.3) is 0 Å². The molecule has 0 radical (unpaired) electrons. The quantitative estimate of drug-likeness (QED) is 0.269. The number of nitrogens with one attached hydrogen (secondary N) is 2. The highest BCUT2D eigenvalue weighted by Crippen LogP contribution is 2.28. The fourth-order valence-electron chi connectivity index (χ4n) is 3.10. The summed E-state index contributed by atoms with van der Waals surface area (Å²) in [6, 6.07) is -2.22. The molecule has 1 rings (SSSR count). The van der Waals surface area contributed by atoms with E-state index in [4.69, 9.17) is 20.4 Å². The van der Waals surface area contributed by atoms with Gasteiger partial charge in [0.05, 0.1) is 12.8 Å². The number of hydrogen-bond acceptors (Lipinski definition) is 6. The van der Waals surface area contributed by atoms with Gasteiger partial charge in [0.25, 0.3) is 0 Å². The molecule has 1 fully saturated rings. The molecule has 0 aromatic carbocycles. The summed E-state index contributed by atoms with van der Waals surface area (Å²) in [7, 11) is 0. The Morgan fingerprint density at radius 3 is 1.23 bits per heavy atom. The van der Waals surface area contributed by atoms with Gasteiger partial charge in [0.15, 0.2) is 0 Å². The molecule has 2 unspecified atom stereocenters. The van der Waals surface area contributed by atoms with Crippen LogP contribution in [-0.2, 0) is 19.2 Å². The van der Waals surface area contributed by atoms with Crippen LogP contribution in [0.15, 0.2) is 0 Å². The molecule has 0 aromatic heterocycles.